The van der Waals surface area contributed by atoms with E-state index in [0.717, 1.165) is 4.68 Å². The summed E-state index contributed by atoms with van der Waals surface area (Å²) >= 11 is 0. The zero-order chi connectivity index (χ0) is 17.4. The van der Waals surface area contributed by atoms with Crippen molar-refractivity contribution in [2.75, 3.05) is 5.32 Å². The SMILES string of the molecule is Cc1nccc(-c2c(Nc3ccn(C(N)=O)n3)nc3cccnn23)n1. The van der Waals surface area contributed by atoms with Crippen LogP contribution in [0.4, 0.5) is 16.4 Å². The summed E-state index contributed by atoms with van der Waals surface area (Å²) in [6, 6.07) is 6.35. The molecule has 3 N–H and O–H groups in total. The third kappa shape index (κ3) is 2.65. The lowest BCUT2D eigenvalue weighted by molar-refractivity contribution is 0.248. The van der Waals surface area contributed by atoms with Crippen molar-refractivity contribution in [1.82, 2.24) is 34.3 Å². The number of nitrogens with two attached hydrogens (primary N) is 1. The van der Waals surface area contributed by atoms with Gasteiger partial charge in [0.2, 0.25) is 0 Å². The number of carbonyl (C=O) groups is 1. The Labute approximate surface area is 141 Å². The fraction of sp³-hybridized carbons (Fsp3) is 0.0667. The van der Waals surface area contributed by atoms with Gasteiger partial charge in [-0.25, -0.2) is 24.3 Å². The van der Waals surface area contributed by atoms with Gasteiger partial charge in [0.1, 0.15) is 11.5 Å². The first-order chi connectivity index (χ1) is 12.1. The van der Waals surface area contributed by atoms with Crippen LogP contribution in [0.25, 0.3) is 17.0 Å². The first kappa shape index (κ1) is 14.8. The van der Waals surface area contributed by atoms with E-state index in [4.69, 9.17) is 5.73 Å². The molecule has 124 valence electrons. The molecule has 0 spiro atoms. The van der Waals surface area contributed by atoms with Crippen molar-refractivity contribution in [3.63, 3.8) is 0 Å². The van der Waals surface area contributed by atoms with Gasteiger partial charge in [-0.2, -0.15) is 9.78 Å². The number of hydrogen-bond acceptors (Lipinski definition) is 7. The van der Waals surface area contributed by atoms with Crippen molar-refractivity contribution in [1.29, 1.82) is 0 Å². The predicted molar refractivity (Wildman–Crippen MR) is 89.2 cm³/mol. The largest absolute Gasteiger partial charge is 0.350 e. The number of fused-ring (bicyclic) bond motifs is 1. The molecule has 4 heterocycles. The van der Waals surface area contributed by atoms with Gasteiger partial charge >= 0.3 is 6.03 Å². The average Bonchev–Trinajstić information content (AvgIpc) is 3.19. The smallest absolute Gasteiger partial charge is 0.339 e. The molecule has 0 saturated carbocycles. The Hall–Kier alpha value is -3.82. The van der Waals surface area contributed by atoms with Crippen molar-refractivity contribution in [2.24, 2.45) is 5.73 Å². The van der Waals surface area contributed by atoms with Crippen molar-refractivity contribution in [2.45, 2.75) is 6.92 Å². The third-order valence-corrected chi connectivity index (χ3v) is 3.47. The number of nitrogens with zero attached hydrogens (tertiary/aromatic N) is 7. The maximum Gasteiger partial charge on any atom is 0.339 e. The number of imidazole rings is 1. The van der Waals surface area contributed by atoms with Crippen LogP contribution in [-0.2, 0) is 0 Å². The lowest BCUT2D eigenvalue weighted by atomic mass is 10.3. The van der Waals surface area contributed by atoms with Crippen molar-refractivity contribution in [3.8, 4) is 11.4 Å². The van der Waals surface area contributed by atoms with Gasteiger partial charge in [0.25, 0.3) is 0 Å². The molecule has 0 atom stereocenters. The van der Waals surface area contributed by atoms with E-state index in [1.807, 2.05) is 13.0 Å². The van der Waals surface area contributed by atoms with Gasteiger partial charge in [0.05, 0.1) is 5.69 Å². The number of rotatable bonds is 3. The zero-order valence-corrected chi connectivity index (χ0v) is 13.2. The minimum absolute atomic E-state index is 0.425. The monoisotopic (exact) mass is 335 g/mol. The van der Waals surface area contributed by atoms with Gasteiger partial charge < -0.3 is 11.1 Å². The van der Waals surface area contributed by atoms with Crippen molar-refractivity contribution in [3.05, 3.63) is 48.7 Å². The summed E-state index contributed by atoms with van der Waals surface area (Å²) in [6.45, 7) is 1.81. The first-order valence-electron chi connectivity index (χ1n) is 7.38. The molecule has 4 rings (SSSR count). The molecular weight excluding hydrogens is 322 g/mol. The molecular formula is C15H13N9O. The summed E-state index contributed by atoms with van der Waals surface area (Å²) in [7, 11) is 0. The minimum Gasteiger partial charge on any atom is -0.350 e. The normalized spacial score (nSPS) is 10.9. The number of amides is 1. The number of aryl methyl sites for hydroxylation is 1. The van der Waals surface area contributed by atoms with Crippen LogP contribution < -0.4 is 11.1 Å². The highest BCUT2D eigenvalue weighted by atomic mass is 16.2. The van der Waals surface area contributed by atoms with Crippen LogP contribution in [0.15, 0.2) is 42.9 Å². The van der Waals surface area contributed by atoms with Crippen LogP contribution in [0.3, 0.4) is 0 Å². The Kier molecular flexibility index (Phi) is 3.35. The van der Waals surface area contributed by atoms with Crippen LogP contribution in [0.2, 0.25) is 0 Å². The lowest BCUT2D eigenvalue weighted by Gasteiger charge is -2.05. The molecule has 10 nitrogen and oxygen atoms in total. The minimum atomic E-state index is -0.670. The van der Waals surface area contributed by atoms with E-state index in [2.05, 4.69) is 30.5 Å². The van der Waals surface area contributed by atoms with Crippen LogP contribution in [0.5, 0.6) is 0 Å². The molecule has 0 aliphatic heterocycles. The summed E-state index contributed by atoms with van der Waals surface area (Å²) in [5.74, 6) is 1.56. The number of anilines is 2. The number of primary amides is 1. The molecule has 25 heavy (non-hydrogen) atoms. The van der Waals surface area contributed by atoms with Gasteiger partial charge in [0, 0.05) is 24.7 Å². The standard InChI is InChI=1S/C15H13N9O/c1-9-17-7-4-10(19-9)13-14(21-12-3-2-6-18-24(12)13)20-11-5-8-23(22-11)15(16)25/h2-8H,1H3,(H2,16,25)(H,20,22). The Morgan fingerprint density at radius 3 is 2.84 bits per heavy atom. The maximum absolute atomic E-state index is 11.2. The lowest BCUT2D eigenvalue weighted by Crippen LogP contribution is -2.19. The van der Waals surface area contributed by atoms with E-state index in [0.29, 0.717) is 34.5 Å². The van der Waals surface area contributed by atoms with Crippen LogP contribution >= 0.6 is 0 Å². The van der Waals surface area contributed by atoms with Crippen molar-refractivity contribution >= 4 is 23.3 Å². The second-order valence-corrected chi connectivity index (χ2v) is 5.20. The number of hydrogen-bond donors (Lipinski definition) is 2. The quantitative estimate of drug-likeness (QED) is 0.578. The third-order valence-electron chi connectivity index (χ3n) is 3.47. The highest BCUT2D eigenvalue weighted by Gasteiger charge is 2.17. The molecule has 0 aliphatic rings. The molecule has 0 radical (unpaired) electrons. The molecule has 0 unspecified atom stereocenters. The van der Waals surface area contributed by atoms with E-state index in [1.165, 1.54) is 6.20 Å². The molecule has 0 fully saturated rings. The summed E-state index contributed by atoms with van der Waals surface area (Å²) in [5.41, 5.74) is 7.17. The van der Waals surface area contributed by atoms with Gasteiger partial charge in [-0.05, 0) is 25.1 Å². The molecule has 0 aromatic carbocycles. The molecule has 10 heteroatoms. The Bertz CT molecular complexity index is 1080. The molecule has 0 aliphatic carbocycles. The second kappa shape index (κ2) is 5.67. The number of carbonyl (C=O) groups excluding carboxylic acids is 1. The van der Waals surface area contributed by atoms with E-state index in [9.17, 15) is 4.79 Å². The van der Waals surface area contributed by atoms with Crippen LogP contribution in [0, 0.1) is 6.92 Å². The summed E-state index contributed by atoms with van der Waals surface area (Å²) in [4.78, 5) is 24.3. The zero-order valence-electron chi connectivity index (χ0n) is 13.2. The number of aromatic nitrogens is 7. The molecule has 1 amide bonds. The Morgan fingerprint density at radius 1 is 1.20 bits per heavy atom. The molecule has 4 aromatic rings. The molecule has 0 bridgehead atoms. The van der Waals surface area contributed by atoms with E-state index < -0.39 is 6.03 Å². The number of nitrogens with one attached hydrogen (secondary N) is 1. The topological polar surface area (TPSA) is 129 Å². The van der Waals surface area contributed by atoms with Gasteiger partial charge in [-0.3, -0.25) is 0 Å². The highest BCUT2D eigenvalue weighted by Crippen LogP contribution is 2.28. The summed E-state index contributed by atoms with van der Waals surface area (Å²) in [6.07, 6.45) is 4.80. The molecule has 0 saturated heterocycles. The summed E-state index contributed by atoms with van der Waals surface area (Å²) < 4.78 is 2.71. The van der Waals surface area contributed by atoms with E-state index >= 15 is 0 Å². The van der Waals surface area contributed by atoms with E-state index in [-0.39, 0.29) is 0 Å². The highest BCUT2D eigenvalue weighted by molar-refractivity contribution is 5.78. The average molecular weight is 335 g/mol. The fourth-order valence-electron chi connectivity index (χ4n) is 2.43. The van der Waals surface area contributed by atoms with E-state index in [1.54, 1.807) is 35.1 Å². The fourth-order valence-corrected chi connectivity index (χ4v) is 2.43. The van der Waals surface area contributed by atoms with Gasteiger partial charge in [-0.1, -0.05) is 0 Å². The summed E-state index contributed by atoms with van der Waals surface area (Å²) in [5, 5.41) is 11.5. The molecule has 4 aromatic heterocycles. The van der Waals surface area contributed by atoms with Gasteiger partial charge in [0.15, 0.2) is 17.3 Å². The Balaban J connectivity index is 1.85. The van der Waals surface area contributed by atoms with Gasteiger partial charge in [-0.15, -0.1) is 5.10 Å². The van der Waals surface area contributed by atoms with Crippen molar-refractivity contribution < 1.29 is 4.79 Å². The van der Waals surface area contributed by atoms with Crippen LogP contribution in [0.1, 0.15) is 5.82 Å². The first-order valence-corrected chi connectivity index (χ1v) is 7.38. The maximum atomic E-state index is 11.2. The second-order valence-electron chi connectivity index (χ2n) is 5.20. The Morgan fingerprint density at radius 2 is 2.08 bits per heavy atom. The van der Waals surface area contributed by atoms with Crippen LogP contribution in [-0.4, -0.2) is 40.4 Å². The predicted octanol–water partition coefficient (Wildman–Crippen LogP) is 1.36.